The SMILES string of the molecule is C1=CC(c2ccccc2)CC=C1c1cc(-c2ccc3c(c2)C2(c4ccccc4-c4ccccc42)c2c-3c(-c3ccccc3)cc3ccccc23)nc(-c2ccccc2)n1. The van der Waals surface area contributed by atoms with Crippen LogP contribution in [0.1, 0.15) is 45.8 Å². The molecule has 1 unspecified atom stereocenters. The number of rotatable bonds is 5. The van der Waals surface area contributed by atoms with Crippen LogP contribution in [-0.2, 0) is 5.41 Å². The number of fused-ring (bicyclic) bond motifs is 12. The maximum absolute atomic E-state index is 5.36. The summed E-state index contributed by atoms with van der Waals surface area (Å²) in [5.41, 5.74) is 18.8. The molecule has 1 heterocycles. The summed E-state index contributed by atoms with van der Waals surface area (Å²) < 4.78 is 0. The molecular weight excluding hydrogens is 713 g/mol. The lowest BCUT2D eigenvalue weighted by Gasteiger charge is -2.32. The fourth-order valence-corrected chi connectivity index (χ4v) is 10.2. The zero-order valence-electron chi connectivity index (χ0n) is 32.4. The van der Waals surface area contributed by atoms with E-state index < -0.39 is 5.41 Å². The molecule has 0 saturated heterocycles. The van der Waals surface area contributed by atoms with Crippen molar-refractivity contribution in [2.45, 2.75) is 17.8 Å². The predicted octanol–water partition coefficient (Wildman–Crippen LogP) is 14.1. The Morgan fingerprint density at radius 3 is 1.80 bits per heavy atom. The Morgan fingerprint density at radius 2 is 1.08 bits per heavy atom. The third kappa shape index (κ3) is 5.13. The molecule has 59 heavy (non-hydrogen) atoms. The van der Waals surface area contributed by atoms with Crippen molar-refractivity contribution in [1.29, 1.82) is 0 Å². The van der Waals surface area contributed by atoms with Gasteiger partial charge in [0, 0.05) is 17.0 Å². The van der Waals surface area contributed by atoms with Crippen molar-refractivity contribution >= 4 is 16.3 Å². The van der Waals surface area contributed by atoms with Crippen molar-refractivity contribution in [1.82, 2.24) is 9.97 Å². The number of nitrogens with zero attached hydrogens (tertiary/aromatic N) is 2. The normalized spacial score (nSPS) is 15.4. The first-order valence-corrected chi connectivity index (χ1v) is 20.6. The van der Waals surface area contributed by atoms with Gasteiger partial charge in [0.05, 0.1) is 16.8 Å². The molecule has 0 bridgehead atoms. The Labute approximate surface area is 344 Å². The van der Waals surface area contributed by atoms with Gasteiger partial charge in [-0.2, -0.15) is 0 Å². The second-order valence-corrected chi connectivity index (χ2v) is 16.0. The lowest BCUT2D eigenvalue weighted by Crippen LogP contribution is -2.26. The number of allylic oxidation sites excluding steroid dienone is 4. The number of hydrogen-bond donors (Lipinski definition) is 0. The minimum Gasteiger partial charge on any atom is -0.228 e. The first-order chi connectivity index (χ1) is 29.3. The molecule has 2 nitrogen and oxygen atoms in total. The lowest BCUT2D eigenvalue weighted by molar-refractivity contribution is 0.801. The quantitative estimate of drug-likeness (QED) is 0.175. The standard InChI is InChI=1S/C57H38N2/c1-4-16-37(17-5-1)38-28-30-40(31-29-38)52-36-53(59-56(58-52)41-20-8-3-9-21-41)43-32-33-47-51(35-43)57(49-26-14-12-24-45(49)46-25-13-15-27-50(46)57)55-44-23-11-10-22-42(44)34-48(54(47)55)39-18-6-2-7-19-39/h1-28,30-36,38H,29H2. The van der Waals surface area contributed by atoms with Gasteiger partial charge >= 0.3 is 0 Å². The van der Waals surface area contributed by atoms with Gasteiger partial charge in [-0.1, -0.05) is 194 Å². The minimum atomic E-state index is -0.544. The Kier molecular flexibility index (Phi) is 7.61. The molecule has 1 aromatic heterocycles. The zero-order chi connectivity index (χ0) is 38.9. The van der Waals surface area contributed by atoms with Crippen molar-refractivity contribution in [2.24, 2.45) is 0 Å². The van der Waals surface area contributed by atoms with Crippen LogP contribution in [0.15, 0.2) is 212 Å². The summed E-state index contributed by atoms with van der Waals surface area (Å²) in [5, 5.41) is 2.53. The Balaban J connectivity index is 1.12. The van der Waals surface area contributed by atoms with Crippen LogP contribution in [0.2, 0.25) is 0 Å². The largest absolute Gasteiger partial charge is 0.228 e. The van der Waals surface area contributed by atoms with Crippen LogP contribution in [0.4, 0.5) is 0 Å². The van der Waals surface area contributed by atoms with Crippen LogP contribution >= 0.6 is 0 Å². The molecule has 12 rings (SSSR count). The molecule has 1 spiro atoms. The summed E-state index contributed by atoms with van der Waals surface area (Å²) in [6.07, 6.45) is 7.84. The van der Waals surface area contributed by atoms with E-state index in [4.69, 9.17) is 9.97 Å². The van der Waals surface area contributed by atoms with E-state index >= 15 is 0 Å². The third-order valence-corrected chi connectivity index (χ3v) is 12.8. The van der Waals surface area contributed by atoms with E-state index in [1.165, 1.54) is 72.0 Å². The molecule has 0 amide bonds. The first-order valence-electron chi connectivity index (χ1n) is 20.6. The Morgan fingerprint density at radius 1 is 0.458 bits per heavy atom. The molecule has 1 atom stereocenters. The topological polar surface area (TPSA) is 25.8 Å². The molecule has 3 aliphatic rings. The maximum Gasteiger partial charge on any atom is 0.160 e. The molecule has 0 aliphatic heterocycles. The molecule has 0 N–H and O–H groups in total. The highest BCUT2D eigenvalue weighted by molar-refractivity contribution is 6.09. The summed E-state index contributed by atoms with van der Waals surface area (Å²) in [6, 6.07) is 70.9. The van der Waals surface area contributed by atoms with Crippen molar-refractivity contribution in [2.75, 3.05) is 0 Å². The number of hydrogen-bond acceptors (Lipinski definition) is 2. The monoisotopic (exact) mass is 750 g/mol. The smallest absolute Gasteiger partial charge is 0.160 e. The summed E-state index contributed by atoms with van der Waals surface area (Å²) >= 11 is 0. The van der Waals surface area contributed by atoms with Gasteiger partial charge in [0.2, 0.25) is 0 Å². The van der Waals surface area contributed by atoms with Crippen LogP contribution in [0, 0.1) is 0 Å². The van der Waals surface area contributed by atoms with Gasteiger partial charge in [0.1, 0.15) is 0 Å². The molecule has 276 valence electrons. The van der Waals surface area contributed by atoms with E-state index in [1.807, 2.05) is 6.07 Å². The van der Waals surface area contributed by atoms with Crippen LogP contribution in [-0.4, -0.2) is 9.97 Å². The van der Waals surface area contributed by atoms with E-state index in [2.05, 4.69) is 206 Å². The summed E-state index contributed by atoms with van der Waals surface area (Å²) in [4.78, 5) is 10.6. The van der Waals surface area contributed by atoms with E-state index in [-0.39, 0.29) is 0 Å². The minimum absolute atomic E-state index is 0.346. The van der Waals surface area contributed by atoms with Crippen molar-refractivity contribution in [3.05, 3.63) is 246 Å². The van der Waals surface area contributed by atoms with Gasteiger partial charge in [-0.25, -0.2) is 9.97 Å². The van der Waals surface area contributed by atoms with Crippen LogP contribution in [0.25, 0.3) is 72.4 Å². The van der Waals surface area contributed by atoms with Crippen LogP contribution < -0.4 is 0 Å². The fraction of sp³-hybridized carbons (Fsp3) is 0.0526. The third-order valence-electron chi connectivity index (χ3n) is 12.8. The Hall–Kier alpha value is -7.42. The predicted molar refractivity (Wildman–Crippen MR) is 243 cm³/mol. The summed E-state index contributed by atoms with van der Waals surface area (Å²) in [5.74, 6) is 1.07. The lowest BCUT2D eigenvalue weighted by atomic mass is 9.69. The fourth-order valence-electron chi connectivity index (χ4n) is 10.2. The first kappa shape index (κ1) is 33.7. The molecule has 8 aromatic carbocycles. The zero-order valence-corrected chi connectivity index (χ0v) is 32.4. The van der Waals surface area contributed by atoms with Crippen molar-refractivity contribution in [3.63, 3.8) is 0 Å². The average molecular weight is 751 g/mol. The number of benzene rings is 8. The van der Waals surface area contributed by atoms with Gasteiger partial charge in [0.25, 0.3) is 0 Å². The van der Waals surface area contributed by atoms with E-state index in [0.717, 1.165) is 40.3 Å². The van der Waals surface area contributed by atoms with Crippen molar-refractivity contribution in [3.8, 4) is 56.0 Å². The molecule has 0 fully saturated rings. The van der Waals surface area contributed by atoms with Gasteiger partial charge < -0.3 is 0 Å². The molecule has 0 saturated carbocycles. The van der Waals surface area contributed by atoms with E-state index in [0.29, 0.717) is 5.92 Å². The van der Waals surface area contributed by atoms with Gasteiger partial charge in [-0.3, -0.25) is 0 Å². The van der Waals surface area contributed by atoms with Crippen LogP contribution in [0.3, 0.4) is 0 Å². The maximum atomic E-state index is 5.36. The highest BCUT2D eigenvalue weighted by atomic mass is 14.9. The summed E-state index contributed by atoms with van der Waals surface area (Å²) in [6.45, 7) is 0. The molecule has 9 aromatic rings. The van der Waals surface area contributed by atoms with Gasteiger partial charge in [-0.05, 0) is 102 Å². The molecule has 0 radical (unpaired) electrons. The second kappa shape index (κ2) is 13.3. The average Bonchev–Trinajstić information content (AvgIpc) is 3.80. The van der Waals surface area contributed by atoms with E-state index in [9.17, 15) is 0 Å². The summed E-state index contributed by atoms with van der Waals surface area (Å²) in [7, 11) is 0. The number of aromatic nitrogens is 2. The highest BCUT2D eigenvalue weighted by Gasteiger charge is 2.53. The Bertz CT molecular complexity index is 3130. The molecular formula is C57H38N2. The molecule has 3 aliphatic carbocycles. The van der Waals surface area contributed by atoms with Crippen LogP contribution in [0.5, 0.6) is 0 Å². The second-order valence-electron chi connectivity index (χ2n) is 16.0. The highest BCUT2D eigenvalue weighted by Crippen LogP contribution is 2.65. The van der Waals surface area contributed by atoms with E-state index in [1.54, 1.807) is 0 Å². The van der Waals surface area contributed by atoms with Crippen molar-refractivity contribution < 1.29 is 0 Å². The van der Waals surface area contributed by atoms with Gasteiger partial charge in [0.15, 0.2) is 5.82 Å². The van der Waals surface area contributed by atoms with Gasteiger partial charge in [-0.15, -0.1) is 0 Å². The molecule has 2 heteroatoms.